The van der Waals surface area contributed by atoms with Gasteiger partial charge in [-0.1, -0.05) is 385 Å². The summed E-state index contributed by atoms with van der Waals surface area (Å²) in [5.41, 5.74) is 12.3. The van der Waals surface area contributed by atoms with Gasteiger partial charge in [-0.25, -0.2) is 6.07 Å². The van der Waals surface area contributed by atoms with Gasteiger partial charge in [0.25, 0.3) is 0 Å². The number of nitrogens with one attached hydrogen (secondary N) is 1. The van der Waals surface area contributed by atoms with Crippen molar-refractivity contribution in [2.45, 2.75) is 500 Å². The number of hydrogen-bond donors (Lipinski definition) is 1. The smallest absolute Gasteiger partial charge is 0.154 e. The van der Waals surface area contributed by atoms with Crippen molar-refractivity contribution >= 4 is 62.6 Å². The molecule has 805 valence electrons. The molecule has 145 heavy (non-hydrogen) atoms. The maximum absolute atomic E-state index is 5.09. The average Bonchev–Trinajstić information content (AvgIpc) is 1.76. The molecular formula is C121H201N19Y5-10. The van der Waals surface area contributed by atoms with E-state index in [1.165, 1.54) is 11.3 Å². The third-order valence-electron chi connectivity index (χ3n) is 24.4. The van der Waals surface area contributed by atoms with Crippen molar-refractivity contribution in [3.63, 3.8) is 0 Å². The average molecular weight is 2370 g/mol. The van der Waals surface area contributed by atoms with Gasteiger partial charge in [0, 0.05) is 259 Å². The SMILES string of the molecule is CC(C)(C)[CH-]C(N(c1[c-]cc2ncc(C(C)(C)C)n2n1)C(C)(C)C)C(C)(C)C.CC(C)(C)[CH-]C(N(c1[c-]cn2ncc(C(C)(C)C)c2n1)C(C)(C)C)C(C)(C)C.CC(C)(C)[CH-]C(N(c1[c-]nc2[nH]cc(C(C)(C)C)c2n1)C(C)(C)C)C(C)(C)C.CC(C)(C)[CH-]C(N(c1[c-]nc2ccc(C(C)(C)C)n2c1)C(C)(C)C)C(C)(C)C.CC(C)(C)[CH-]C(N(c1[c-]nc2cnc(C(C)(C)C)n2c1)C(C)(C)C)C(C)(C)C.[Y].[Y].[Y].[Y].[Y]. The molecule has 0 bridgehead atoms. The van der Waals surface area contributed by atoms with Gasteiger partial charge in [0.15, 0.2) is 5.65 Å². The van der Waals surface area contributed by atoms with E-state index in [4.69, 9.17) is 20.1 Å². The van der Waals surface area contributed by atoms with Crippen LogP contribution in [0.5, 0.6) is 0 Å². The topological polar surface area (TPSA) is 166 Å². The van der Waals surface area contributed by atoms with E-state index in [0.29, 0.717) is 0 Å². The first-order valence-electron chi connectivity index (χ1n) is 51.8. The van der Waals surface area contributed by atoms with Crippen molar-refractivity contribution in [2.24, 2.45) is 54.1 Å². The van der Waals surface area contributed by atoms with Gasteiger partial charge >= 0.3 is 0 Å². The normalized spacial score (nSPS) is 14.6. The molecule has 0 saturated carbocycles. The molecule has 24 heteroatoms. The zero-order valence-electron chi connectivity index (χ0n) is 103. The minimum Gasteiger partial charge on any atom is -0.432 e. The van der Waals surface area contributed by atoms with Crippen LogP contribution < -0.4 is 24.5 Å². The Kier molecular flexibility index (Phi) is 48.2. The molecule has 5 radical (unpaired) electrons. The molecule has 0 aliphatic rings. The number of hydrogen-bond acceptors (Lipinski definition) is 14. The molecule has 5 unspecified atom stereocenters. The molecule has 0 fully saturated rings. The van der Waals surface area contributed by atoms with E-state index >= 15 is 0 Å². The summed E-state index contributed by atoms with van der Waals surface area (Å²) < 4.78 is 8.19. The third kappa shape index (κ3) is 40.1. The molecule has 0 amide bonds. The van der Waals surface area contributed by atoms with E-state index in [-0.39, 0.29) is 303 Å². The number of anilines is 5. The number of fused-ring (bicyclic) bond motifs is 5. The van der Waals surface area contributed by atoms with Crippen LogP contribution in [0.3, 0.4) is 0 Å². The molecular weight excluding hydrogens is 2160 g/mol. The summed E-state index contributed by atoms with van der Waals surface area (Å²) in [5.74, 6) is 3.58. The van der Waals surface area contributed by atoms with E-state index in [1.807, 2.05) is 46.1 Å². The number of aromatic amines is 1. The maximum Gasteiger partial charge on any atom is 0.154 e. The fourth-order valence-corrected chi connectivity index (χ4v) is 18.0. The largest absolute Gasteiger partial charge is 0.432 e. The fourth-order valence-electron chi connectivity index (χ4n) is 18.0. The number of rotatable bonds is 15. The summed E-state index contributed by atoms with van der Waals surface area (Å²) in [5, 5.41) is 9.53. The van der Waals surface area contributed by atoms with Gasteiger partial charge < -0.3 is 96.4 Å². The van der Waals surface area contributed by atoms with Crippen LogP contribution in [0.25, 0.3) is 33.8 Å². The molecule has 10 aromatic rings. The zero-order chi connectivity index (χ0) is 109. The number of aromatic nitrogens is 14. The summed E-state index contributed by atoms with van der Waals surface area (Å²) in [6.45, 7) is 136. The van der Waals surface area contributed by atoms with Crippen LogP contribution in [0.1, 0.15) is 444 Å². The van der Waals surface area contributed by atoms with Gasteiger partial charge in [-0.15, -0.1) is 12.4 Å². The van der Waals surface area contributed by atoms with Crippen molar-refractivity contribution in [2.75, 3.05) is 24.5 Å². The van der Waals surface area contributed by atoms with Crippen molar-refractivity contribution in [1.82, 2.24) is 67.9 Å². The van der Waals surface area contributed by atoms with Crippen LogP contribution in [-0.2, 0) is 191 Å². The maximum atomic E-state index is 5.09. The summed E-state index contributed by atoms with van der Waals surface area (Å²) in [4.78, 5) is 48.8. The van der Waals surface area contributed by atoms with Gasteiger partial charge in [-0.2, -0.15) is 43.3 Å². The van der Waals surface area contributed by atoms with Crippen LogP contribution in [0, 0.1) is 117 Å². The number of imidazole rings is 2. The van der Waals surface area contributed by atoms with E-state index < -0.39 is 0 Å². The molecule has 0 aromatic carbocycles. The minimum absolute atomic E-state index is 0. The van der Waals surface area contributed by atoms with Crippen molar-refractivity contribution in [1.29, 1.82) is 0 Å². The Morgan fingerprint density at radius 2 is 0.669 bits per heavy atom. The van der Waals surface area contributed by atoms with Gasteiger partial charge in [0.2, 0.25) is 0 Å². The Morgan fingerprint density at radius 1 is 0.317 bits per heavy atom. The first-order chi connectivity index (χ1) is 62.1. The molecule has 5 atom stereocenters. The van der Waals surface area contributed by atoms with E-state index in [1.54, 1.807) is 0 Å². The first-order valence-corrected chi connectivity index (χ1v) is 51.8. The summed E-state index contributed by atoms with van der Waals surface area (Å²) in [7, 11) is 0. The second-order valence-electron chi connectivity index (χ2n) is 61.0. The Balaban J connectivity index is 0.000000899. The van der Waals surface area contributed by atoms with E-state index in [2.05, 4.69) is 566 Å². The second kappa shape index (κ2) is 49.6. The van der Waals surface area contributed by atoms with Crippen LogP contribution >= 0.6 is 0 Å². The van der Waals surface area contributed by atoms with Crippen molar-refractivity contribution in [3.8, 4) is 0 Å². The van der Waals surface area contributed by atoms with Crippen molar-refractivity contribution in [3.05, 3.63) is 153 Å². The quantitative estimate of drug-likeness (QED) is 0.0964. The monoisotopic (exact) mass is 2370 g/mol. The van der Waals surface area contributed by atoms with Crippen LogP contribution in [0.15, 0.2) is 61.6 Å². The molecule has 10 rings (SSSR count). The minimum atomic E-state index is -0.128. The Hall–Kier alpha value is -2.31. The van der Waals surface area contributed by atoms with E-state index in [9.17, 15) is 0 Å². The van der Waals surface area contributed by atoms with Crippen LogP contribution in [0.2, 0.25) is 0 Å². The molecule has 10 heterocycles. The zero-order valence-corrected chi connectivity index (χ0v) is 118. The molecule has 0 aliphatic heterocycles. The summed E-state index contributed by atoms with van der Waals surface area (Å²) in [6.07, 6.45) is 36.3. The van der Waals surface area contributed by atoms with Gasteiger partial charge in [0.05, 0.1) is 23.7 Å². The standard InChI is InChI=1S/C25H41N3.4C24H40N4.5Y/c1-22(2,3)15-20(24(7,8)9)28(25(10,11)12)18-16-26-21-14-13-19(23(4,5)6)27(21)17-18;1-21(2,3)13-18(22(4,5)6)28(24(10,11)12)17-14-25-19-15-26-20(23(7,8)9)27(19)16-17;1-21(2,3)13-17(23(7,8)9)28(24(10,11)12)18-15-26-20-19(27-18)16(14-25-20)22(4,5)6;1-21(2,3)15-18(23(7,8)9)28(24(10,11)12)19-13-14-27-20(26-19)17(16-25-27)22(4,5)6;1-21(2,3)15-17(22(4,5)6)27(24(10,11)12)20-14-13-19-25-16-18(23(7,8)9)28(19)26-20;;;;;/h13-15,17,20H,1-12H3;13,15-16,18H,1-12H3;13-14,17H,1-12H3,(H,25,26);14-16,18H,1-12H3;13,15-17H,1-12H3;;;;;/q5*-2;;;;;. The first kappa shape index (κ1) is 141. The van der Waals surface area contributed by atoms with E-state index in [0.717, 1.165) is 79.7 Å². The Bertz CT molecular complexity index is 4860. The third-order valence-corrected chi connectivity index (χ3v) is 24.4. The molecule has 0 aliphatic carbocycles. The summed E-state index contributed by atoms with van der Waals surface area (Å²) >= 11 is 0. The number of nitrogens with zero attached hydrogens (tertiary/aromatic N) is 18. The van der Waals surface area contributed by atoms with Gasteiger partial charge in [-0.05, 0) is 171 Å². The Morgan fingerprint density at radius 3 is 1.01 bits per heavy atom. The van der Waals surface area contributed by atoms with Crippen molar-refractivity contribution < 1.29 is 164 Å². The molecule has 0 spiro atoms. The Labute approximate surface area is 1010 Å². The molecule has 0 saturated heterocycles. The van der Waals surface area contributed by atoms with Crippen LogP contribution in [0.4, 0.5) is 28.8 Å². The molecule has 19 nitrogen and oxygen atoms in total. The van der Waals surface area contributed by atoms with Gasteiger partial charge in [-0.3, -0.25) is 24.0 Å². The molecule has 1 N–H and O–H groups in total. The fraction of sp³-hybridized carbons (Fsp3) is 0.702. The van der Waals surface area contributed by atoms with Gasteiger partial charge in [0.1, 0.15) is 0 Å². The molecule has 10 aromatic heterocycles. The van der Waals surface area contributed by atoms with Crippen LogP contribution in [-0.4, -0.2) is 126 Å². The summed E-state index contributed by atoms with van der Waals surface area (Å²) in [6, 6.07) is 14.2. The predicted octanol–water partition coefficient (Wildman–Crippen LogP) is 31.3. The second-order valence-corrected chi connectivity index (χ2v) is 61.0. The number of H-pyrrole nitrogens is 1. The predicted molar refractivity (Wildman–Crippen MR) is 602 cm³/mol.